The Balaban J connectivity index is 0.000000314. The van der Waals surface area contributed by atoms with Gasteiger partial charge in [0.15, 0.2) is 0 Å². The third-order valence-electron chi connectivity index (χ3n) is 6.22. The molecule has 0 unspecified atom stereocenters. The second kappa shape index (κ2) is 11.2. The zero-order valence-corrected chi connectivity index (χ0v) is 16.7. The van der Waals surface area contributed by atoms with Crippen molar-refractivity contribution in [1.82, 2.24) is 0 Å². The van der Waals surface area contributed by atoms with Crippen molar-refractivity contribution in [2.75, 3.05) is 0 Å². The van der Waals surface area contributed by atoms with Crippen LogP contribution < -0.4 is 0 Å². The average Bonchev–Trinajstić information content (AvgIpc) is 2.60. The maximum atomic E-state index is 11.3. The highest BCUT2D eigenvalue weighted by molar-refractivity contribution is 5.79. The zero-order valence-electron chi connectivity index (χ0n) is 16.7. The molecule has 2 N–H and O–H groups in total. The Morgan fingerprint density at radius 3 is 1.33 bits per heavy atom. The Morgan fingerprint density at radius 2 is 1.07 bits per heavy atom. The summed E-state index contributed by atoms with van der Waals surface area (Å²) in [5.41, 5.74) is 0.307. The molecule has 6 heteroatoms. The Hall–Kier alpha value is -1.72. The van der Waals surface area contributed by atoms with Gasteiger partial charge < -0.3 is 10.2 Å². The van der Waals surface area contributed by atoms with Crippen LogP contribution >= 0.6 is 0 Å². The lowest BCUT2D eigenvalue weighted by Crippen LogP contribution is -2.37. The van der Waals surface area contributed by atoms with E-state index in [0.717, 1.165) is 51.4 Å². The molecule has 0 aromatic heterocycles. The van der Waals surface area contributed by atoms with E-state index in [1.165, 1.54) is 0 Å². The van der Waals surface area contributed by atoms with Gasteiger partial charge in [-0.2, -0.15) is 0 Å². The van der Waals surface area contributed by atoms with Gasteiger partial charge in [-0.1, -0.05) is 13.8 Å². The van der Waals surface area contributed by atoms with Crippen molar-refractivity contribution in [3.8, 4) is 0 Å². The number of carboxylic acid groups (broad SMARTS) is 2. The molecule has 0 heterocycles. The summed E-state index contributed by atoms with van der Waals surface area (Å²) in [6.45, 7) is 4.71. The van der Waals surface area contributed by atoms with Gasteiger partial charge >= 0.3 is 11.9 Å². The molecule has 0 saturated heterocycles. The molecule has 0 aliphatic heterocycles. The molecule has 2 rings (SSSR count). The van der Waals surface area contributed by atoms with Crippen LogP contribution in [0.15, 0.2) is 0 Å². The monoisotopic (exact) mass is 382 g/mol. The largest absolute Gasteiger partial charge is 0.481 e. The molecule has 0 atom stereocenters. The van der Waals surface area contributed by atoms with Gasteiger partial charge in [-0.3, -0.25) is 19.2 Å². The summed E-state index contributed by atoms with van der Waals surface area (Å²) >= 11 is 0. The number of hydrogen-bond donors (Lipinski definition) is 2. The predicted molar refractivity (Wildman–Crippen MR) is 101 cm³/mol. The summed E-state index contributed by atoms with van der Waals surface area (Å²) in [5, 5.41) is 16.3. The van der Waals surface area contributed by atoms with E-state index in [4.69, 9.17) is 10.2 Å². The van der Waals surface area contributed by atoms with Crippen molar-refractivity contribution in [3.63, 3.8) is 0 Å². The number of carbonyl (C=O) groups is 4. The van der Waals surface area contributed by atoms with Gasteiger partial charge in [-0.25, -0.2) is 0 Å². The van der Waals surface area contributed by atoms with Crippen molar-refractivity contribution in [2.45, 2.75) is 90.9 Å². The van der Waals surface area contributed by atoms with Crippen molar-refractivity contribution in [3.05, 3.63) is 0 Å². The van der Waals surface area contributed by atoms with E-state index in [1.807, 2.05) is 0 Å². The van der Waals surface area contributed by atoms with Gasteiger partial charge in [0.05, 0.1) is 0 Å². The SMILES string of the molecule is CC(C)(C1CCC(=O)CC1)C1CCC(=O)CC1.O=C(O)CCCCC(=O)O. The van der Waals surface area contributed by atoms with Gasteiger partial charge in [0.2, 0.25) is 0 Å². The van der Waals surface area contributed by atoms with E-state index in [9.17, 15) is 19.2 Å². The van der Waals surface area contributed by atoms with Crippen molar-refractivity contribution in [2.24, 2.45) is 17.3 Å². The summed E-state index contributed by atoms with van der Waals surface area (Å²) in [7, 11) is 0. The summed E-state index contributed by atoms with van der Waals surface area (Å²) in [6, 6.07) is 0. The normalized spacial score (nSPS) is 19.3. The van der Waals surface area contributed by atoms with E-state index < -0.39 is 11.9 Å². The second-order valence-corrected chi connectivity index (χ2v) is 8.44. The molecule has 0 amide bonds. The number of aliphatic carboxylic acids is 2. The first-order valence-corrected chi connectivity index (χ1v) is 10.1. The number of hydrogen-bond acceptors (Lipinski definition) is 4. The first-order chi connectivity index (χ1) is 12.6. The van der Waals surface area contributed by atoms with Crippen molar-refractivity contribution < 1.29 is 29.4 Å². The van der Waals surface area contributed by atoms with Gasteiger partial charge in [0.25, 0.3) is 0 Å². The smallest absolute Gasteiger partial charge is 0.303 e. The number of unbranched alkanes of at least 4 members (excludes halogenated alkanes) is 1. The third kappa shape index (κ3) is 8.67. The molecule has 0 spiro atoms. The minimum absolute atomic E-state index is 0.0628. The lowest BCUT2D eigenvalue weighted by molar-refractivity contribution is -0.139. The molecule has 0 bridgehead atoms. The molecule has 6 nitrogen and oxygen atoms in total. The van der Waals surface area contributed by atoms with Crippen LogP contribution in [0, 0.1) is 17.3 Å². The lowest BCUT2D eigenvalue weighted by Gasteiger charge is -2.44. The summed E-state index contributed by atoms with van der Waals surface area (Å²) < 4.78 is 0. The highest BCUT2D eigenvalue weighted by Gasteiger charge is 2.39. The maximum absolute atomic E-state index is 11.3. The maximum Gasteiger partial charge on any atom is 0.303 e. The van der Waals surface area contributed by atoms with E-state index in [1.54, 1.807) is 0 Å². The van der Waals surface area contributed by atoms with Gasteiger partial charge in [0, 0.05) is 38.5 Å². The molecule has 2 aliphatic carbocycles. The molecular weight excluding hydrogens is 348 g/mol. The number of carbonyl (C=O) groups excluding carboxylic acids is 2. The number of carboxylic acids is 2. The quantitative estimate of drug-likeness (QED) is 0.637. The van der Waals surface area contributed by atoms with Crippen molar-refractivity contribution >= 4 is 23.5 Å². The highest BCUT2D eigenvalue weighted by Crippen LogP contribution is 2.47. The van der Waals surface area contributed by atoms with Crippen LogP contribution in [0.2, 0.25) is 0 Å². The molecule has 2 aliphatic rings. The van der Waals surface area contributed by atoms with Crippen LogP contribution in [0.25, 0.3) is 0 Å². The summed E-state index contributed by atoms with van der Waals surface area (Å²) in [4.78, 5) is 42.4. The fourth-order valence-corrected chi connectivity index (χ4v) is 4.25. The van der Waals surface area contributed by atoms with Gasteiger partial charge in [-0.05, 0) is 55.8 Å². The fourth-order valence-electron chi connectivity index (χ4n) is 4.25. The average molecular weight is 382 g/mol. The first kappa shape index (κ1) is 23.3. The van der Waals surface area contributed by atoms with E-state index in [0.29, 0.717) is 41.7 Å². The molecular formula is C21H34O6. The predicted octanol–water partition coefficient (Wildman–Crippen LogP) is 4.25. The number of Topliss-reactive ketones (excluding diaryl/α,β-unsaturated/α-hetero) is 2. The molecule has 2 fully saturated rings. The van der Waals surface area contributed by atoms with E-state index in [2.05, 4.69) is 13.8 Å². The topological polar surface area (TPSA) is 109 Å². The number of rotatable bonds is 7. The Kier molecular flexibility index (Phi) is 9.67. The molecule has 154 valence electrons. The van der Waals surface area contributed by atoms with E-state index >= 15 is 0 Å². The summed E-state index contributed by atoms with van der Waals surface area (Å²) in [5.74, 6) is 0.499. The first-order valence-electron chi connectivity index (χ1n) is 10.1. The lowest BCUT2D eigenvalue weighted by atomic mass is 9.61. The highest BCUT2D eigenvalue weighted by atomic mass is 16.4. The zero-order chi connectivity index (χ0) is 20.4. The van der Waals surface area contributed by atoms with Crippen LogP contribution in [-0.4, -0.2) is 33.7 Å². The fraction of sp³-hybridized carbons (Fsp3) is 0.810. The summed E-state index contributed by atoms with van der Waals surface area (Å²) in [6.07, 6.45) is 8.39. The van der Waals surface area contributed by atoms with E-state index in [-0.39, 0.29) is 12.8 Å². The van der Waals surface area contributed by atoms with Crippen LogP contribution in [0.4, 0.5) is 0 Å². The Morgan fingerprint density at radius 1 is 0.778 bits per heavy atom. The molecule has 27 heavy (non-hydrogen) atoms. The third-order valence-corrected chi connectivity index (χ3v) is 6.22. The minimum atomic E-state index is -0.870. The molecule has 0 aromatic rings. The second-order valence-electron chi connectivity index (χ2n) is 8.44. The van der Waals surface area contributed by atoms with Gasteiger partial charge in [0.1, 0.15) is 11.6 Å². The Labute approximate surface area is 161 Å². The van der Waals surface area contributed by atoms with Crippen LogP contribution in [0.5, 0.6) is 0 Å². The van der Waals surface area contributed by atoms with Crippen LogP contribution in [-0.2, 0) is 19.2 Å². The standard InChI is InChI=1S/C15H24O2.C6H10O4/c1-15(2,11-3-7-13(16)8-4-11)12-5-9-14(17)10-6-12;7-5(8)3-1-2-4-6(9)10/h11-12H,3-10H2,1-2H3;1-4H2,(H,7,8)(H,9,10). The minimum Gasteiger partial charge on any atom is -0.481 e. The molecule has 0 radical (unpaired) electrons. The van der Waals surface area contributed by atoms with Gasteiger partial charge in [-0.15, -0.1) is 0 Å². The molecule has 2 saturated carbocycles. The molecule has 0 aromatic carbocycles. The van der Waals surface area contributed by atoms with Crippen LogP contribution in [0.1, 0.15) is 90.9 Å². The number of ketones is 2. The Bertz CT molecular complexity index is 471. The van der Waals surface area contributed by atoms with Crippen molar-refractivity contribution in [1.29, 1.82) is 0 Å². The van der Waals surface area contributed by atoms with Crippen LogP contribution in [0.3, 0.4) is 0 Å².